The van der Waals surface area contributed by atoms with E-state index >= 15 is 0 Å². The molecule has 1 unspecified atom stereocenters. The zero-order valence-electron chi connectivity index (χ0n) is 12.5. The number of rotatable bonds is 7. The predicted molar refractivity (Wildman–Crippen MR) is 81.3 cm³/mol. The van der Waals surface area contributed by atoms with Gasteiger partial charge >= 0.3 is 0 Å². The summed E-state index contributed by atoms with van der Waals surface area (Å²) in [6, 6.07) is 8.22. The van der Waals surface area contributed by atoms with E-state index in [-0.39, 0.29) is 5.91 Å². The summed E-state index contributed by atoms with van der Waals surface area (Å²) in [6.45, 7) is 8.93. The fourth-order valence-electron chi connectivity index (χ4n) is 2.26. The van der Waals surface area contributed by atoms with Gasteiger partial charge in [-0.2, -0.15) is 0 Å². The molecule has 1 rings (SSSR count). The van der Waals surface area contributed by atoms with E-state index in [4.69, 9.17) is 0 Å². The van der Waals surface area contributed by atoms with E-state index in [1.54, 1.807) is 0 Å². The standard InChI is InChI=1S/C16H26N2O/c1-5-14(6-2)13(4)17-11-16(19)18-15-9-7-12(3)8-10-15/h7-10,13-14,17H,5-6,11H2,1-4H3,(H,18,19). The Labute approximate surface area is 116 Å². The van der Waals surface area contributed by atoms with Crippen LogP contribution in [0.4, 0.5) is 5.69 Å². The first-order chi connectivity index (χ1) is 9.06. The number of carbonyl (C=O) groups is 1. The number of nitrogens with one attached hydrogen (secondary N) is 2. The first-order valence-electron chi connectivity index (χ1n) is 7.16. The molecule has 1 amide bonds. The molecule has 19 heavy (non-hydrogen) atoms. The van der Waals surface area contributed by atoms with Gasteiger partial charge in [0.15, 0.2) is 0 Å². The molecule has 0 spiro atoms. The molecule has 3 heteroatoms. The van der Waals surface area contributed by atoms with E-state index in [0.717, 1.165) is 18.5 Å². The molecule has 0 bridgehead atoms. The average molecular weight is 262 g/mol. The van der Waals surface area contributed by atoms with Gasteiger partial charge in [0.2, 0.25) is 5.91 Å². The van der Waals surface area contributed by atoms with Gasteiger partial charge in [-0.3, -0.25) is 4.79 Å². The van der Waals surface area contributed by atoms with Crippen molar-refractivity contribution in [2.75, 3.05) is 11.9 Å². The minimum Gasteiger partial charge on any atom is -0.325 e. The van der Waals surface area contributed by atoms with Gasteiger partial charge in [-0.15, -0.1) is 0 Å². The van der Waals surface area contributed by atoms with Crippen molar-refractivity contribution >= 4 is 11.6 Å². The summed E-state index contributed by atoms with van der Waals surface area (Å²) in [5, 5.41) is 6.20. The fourth-order valence-corrected chi connectivity index (χ4v) is 2.26. The fraction of sp³-hybridized carbons (Fsp3) is 0.562. The van der Waals surface area contributed by atoms with Crippen molar-refractivity contribution in [2.45, 2.75) is 46.6 Å². The molecule has 0 heterocycles. The predicted octanol–water partition coefficient (Wildman–Crippen LogP) is 3.35. The Kier molecular flexibility index (Phi) is 6.57. The first-order valence-corrected chi connectivity index (χ1v) is 7.16. The number of hydrogen-bond donors (Lipinski definition) is 2. The van der Waals surface area contributed by atoms with Crippen molar-refractivity contribution in [3.05, 3.63) is 29.8 Å². The average Bonchev–Trinajstić information content (AvgIpc) is 2.40. The molecular weight excluding hydrogens is 236 g/mol. The van der Waals surface area contributed by atoms with E-state index in [9.17, 15) is 4.79 Å². The molecule has 106 valence electrons. The van der Waals surface area contributed by atoms with E-state index < -0.39 is 0 Å². The van der Waals surface area contributed by atoms with E-state index in [1.165, 1.54) is 5.56 Å². The van der Waals surface area contributed by atoms with Crippen molar-refractivity contribution in [1.29, 1.82) is 0 Å². The zero-order valence-corrected chi connectivity index (χ0v) is 12.5. The highest BCUT2D eigenvalue weighted by atomic mass is 16.1. The van der Waals surface area contributed by atoms with Crippen molar-refractivity contribution in [2.24, 2.45) is 5.92 Å². The van der Waals surface area contributed by atoms with Crippen LogP contribution in [0.5, 0.6) is 0 Å². The summed E-state index contributed by atoms with van der Waals surface area (Å²) < 4.78 is 0. The number of benzene rings is 1. The van der Waals surface area contributed by atoms with Crippen molar-refractivity contribution in [1.82, 2.24) is 5.32 Å². The van der Waals surface area contributed by atoms with Crippen LogP contribution in [0.2, 0.25) is 0 Å². The number of carbonyl (C=O) groups excluding carboxylic acids is 1. The molecule has 1 aromatic carbocycles. The third-order valence-corrected chi connectivity index (χ3v) is 3.68. The van der Waals surface area contributed by atoms with Crippen molar-refractivity contribution in [3.8, 4) is 0 Å². The van der Waals surface area contributed by atoms with Crippen LogP contribution >= 0.6 is 0 Å². The highest BCUT2D eigenvalue weighted by molar-refractivity contribution is 5.92. The van der Waals surface area contributed by atoms with Gasteiger partial charge in [0.25, 0.3) is 0 Å². The molecule has 1 atom stereocenters. The Bertz CT molecular complexity index is 382. The highest BCUT2D eigenvalue weighted by Crippen LogP contribution is 2.12. The van der Waals surface area contributed by atoms with Crippen LogP contribution in [0, 0.1) is 12.8 Å². The SMILES string of the molecule is CCC(CC)C(C)NCC(=O)Nc1ccc(C)cc1. The number of aryl methyl sites for hydroxylation is 1. The smallest absolute Gasteiger partial charge is 0.238 e. The molecule has 0 aliphatic carbocycles. The molecule has 0 aliphatic heterocycles. The molecule has 2 N–H and O–H groups in total. The Morgan fingerprint density at radius 3 is 2.26 bits per heavy atom. The normalized spacial score (nSPS) is 12.5. The van der Waals surface area contributed by atoms with Crippen LogP contribution < -0.4 is 10.6 Å². The molecule has 0 aliphatic rings. The molecule has 0 saturated carbocycles. The summed E-state index contributed by atoms with van der Waals surface area (Å²) in [7, 11) is 0. The second-order valence-electron chi connectivity index (χ2n) is 5.16. The number of anilines is 1. The first kappa shape index (κ1) is 15.7. The van der Waals surface area contributed by atoms with Crippen LogP contribution in [0.15, 0.2) is 24.3 Å². The maximum absolute atomic E-state index is 11.8. The maximum atomic E-state index is 11.8. The zero-order chi connectivity index (χ0) is 14.3. The number of amides is 1. The van der Waals surface area contributed by atoms with Crippen LogP contribution in [0.1, 0.15) is 39.2 Å². The maximum Gasteiger partial charge on any atom is 0.238 e. The van der Waals surface area contributed by atoms with Crippen LogP contribution in [-0.4, -0.2) is 18.5 Å². The summed E-state index contributed by atoms with van der Waals surface area (Å²) in [6.07, 6.45) is 2.29. The van der Waals surface area contributed by atoms with Crippen LogP contribution in [0.3, 0.4) is 0 Å². The molecule has 0 radical (unpaired) electrons. The van der Waals surface area contributed by atoms with Gasteiger partial charge in [-0.05, 0) is 31.9 Å². The molecule has 0 fully saturated rings. The molecule has 3 nitrogen and oxygen atoms in total. The van der Waals surface area contributed by atoms with Gasteiger partial charge in [0.1, 0.15) is 0 Å². The minimum atomic E-state index is 0.0154. The van der Waals surface area contributed by atoms with E-state index in [1.807, 2.05) is 31.2 Å². The topological polar surface area (TPSA) is 41.1 Å². The van der Waals surface area contributed by atoms with Crippen molar-refractivity contribution < 1.29 is 4.79 Å². The lowest BCUT2D eigenvalue weighted by atomic mass is 9.95. The molecular formula is C16H26N2O. The summed E-state index contributed by atoms with van der Waals surface area (Å²) in [5.41, 5.74) is 2.05. The van der Waals surface area contributed by atoms with Gasteiger partial charge in [-0.25, -0.2) is 0 Å². The minimum absolute atomic E-state index is 0.0154. The van der Waals surface area contributed by atoms with Gasteiger partial charge in [0.05, 0.1) is 6.54 Å². The Balaban J connectivity index is 2.37. The second-order valence-corrected chi connectivity index (χ2v) is 5.16. The monoisotopic (exact) mass is 262 g/mol. The lowest BCUT2D eigenvalue weighted by molar-refractivity contribution is -0.115. The van der Waals surface area contributed by atoms with Crippen molar-refractivity contribution in [3.63, 3.8) is 0 Å². The largest absolute Gasteiger partial charge is 0.325 e. The quantitative estimate of drug-likeness (QED) is 0.791. The second kappa shape index (κ2) is 7.95. The van der Waals surface area contributed by atoms with Crippen LogP contribution in [-0.2, 0) is 4.79 Å². The van der Waals surface area contributed by atoms with E-state index in [0.29, 0.717) is 18.5 Å². The summed E-state index contributed by atoms with van der Waals surface area (Å²) in [5.74, 6) is 0.647. The Morgan fingerprint density at radius 2 is 1.74 bits per heavy atom. The summed E-state index contributed by atoms with van der Waals surface area (Å²) >= 11 is 0. The lowest BCUT2D eigenvalue weighted by Gasteiger charge is -2.22. The Morgan fingerprint density at radius 1 is 1.16 bits per heavy atom. The molecule has 1 aromatic rings. The van der Waals surface area contributed by atoms with Gasteiger partial charge in [0, 0.05) is 11.7 Å². The van der Waals surface area contributed by atoms with Gasteiger partial charge < -0.3 is 10.6 Å². The lowest BCUT2D eigenvalue weighted by Crippen LogP contribution is -2.38. The highest BCUT2D eigenvalue weighted by Gasteiger charge is 2.13. The van der Waals surface area contributed by atoms with E-state index in [2.05, 4.69) is 31.4 Å². The summed E-state index contributed by atoms with van der Waals surface area (Å²) in [4.78, 5) is 11.8. The molecule has 0 aromatic heterocycles. The third-order valence-electron chi connectivity index (χ3n) is 3.68. The Hall–Kier alpha value is -1.35. The third kappa shape index (κ3) is 5.43. The van der Waals surface area contributed by atoms with Gasteiger partial charge in [-0.1, -0.05) is 44.4 Å². The number of hydrogen-bond acceptors (Lipinski definition) is 2. The van der Waals surface area contributed by atoms with Crippen LogP contribution in [0.25, 0.3) is 0 Å². The molecule has 0 saturated heterocycles.